The van der Waals surface area contributed by atoms with Crippen LogP contribution in [0.2, 0.25) is 5.02 Å². The van der Waals surface area contributed by atoms with Gasteiger partial charge < -0.3 is 13.7 Å². The number of hydrogen-bond acceptors (Lipinski definition) is 6. The number of ether oxygens (including phenoxy) is 1. The molecule has 0 atom stereocenters. The van der Waals surface area contributed by atoms with Crippen LogP contribution in [0, 0.1) is 0 Å². The Kier molecular flexibility index (Phi) is 6.30. The number of carbonyl (C=O) groups excluding carboxylic acids is 1. The van der Waals surface area contributed by atoms with Crippen molar-refractivity contribution in [2.24, 2.45) is 0 Å². The van der Waals surface area contributed by atoms with Crippen molar-refractivity contribution >= 4 is 28.7 Å². The van der Waals surface area contributed by atoms with E-state index in [4.69, 9.17) is 16.0 Å². The molecule has 0 saturated carbocycles. The molecule has 3 heterocycles. The van der Waals surface area contributed by atoms with Crippen LogP contribution in [0.25, 0.3) is 16.9 Å². The molecular weight excluding hydrogens is 484 g/mol. The first-order valence-electron chi connectivity index (χ1n) is 11.1. The molecule has 10 heteroatoms. The number of carbonyl (C=O) groups is 1. The number of benzene rings is 2. The van der Waals surface area contributed by atoms with Gasteiger partial charge >= 0.3 is 11.7 Å². The minimum atomic E-state index is -0.600. The van der Waals surface area contributed by atoms with E-state index in [1.54, 1.807) is 34.9 Å². The SMILES string of the molecule is COC(=O)c1ccc(Cn2cnc3c2c(=O)n(CCc2ccccc2)c(=O)n3-c2ccc(Cl)cc2)o1. The number of hydrogen-bond donors (Lipinski definition) is 0. The molecule has 0 saturated heterocycles. The van der Waals surface area contributed by atoms with E-state index in [2.05, 4.69) is 9.72 Å². The Morgan fingerprint density at radius 1 is 1.03 bits per heavy atom. The lowest BCUT2D eigenvalue weighted by Gasteiger charge is -2.13. The first kappa shape index (κ1) is 23.4. The van der Waals surface area contributed by atoms with E-state index in [1.807, 2.05) is 30.3 Å². The number of methoxy groups -OCH3 is 1. The fourth-order valence-electron chi connectivity index (χ4n) is 4.05. The number of furan rings is 1. The van der Waals surface area contributed by atoms with Gasteiger partial charge in [-0.05, 0) is 48.4 Å². The molecule has 0 radical (unpaired) electrons. The third-order valence-corrected chi connectivity index (χ3v) is 6.08. The van der Waals surface area contributed by atoms with Gasteiger partial charge in [0, 0.05) is 11.6 Å². The molecule has 5 aromatic rings. The molecule has 0 aliphatic rings. The van der Waals surface area contributed by atoms with Gasteiger partial charge in [0.2, 0.25) is 5.76 Å². The van der Waals surface area contributed by atoms with E-state index < -0.39 is 17.2 Å². The Balaban J connectivity index is 1.64. The predicted octanol–water partition coefficient (Wildman–Crippen LogP) is 3.67. The maximum absolute atomic E-state index is 13.6. The number of imidazole rings is 1. The van der Waals surface area contributed by atoms with Gasteiger partial charge in [-0.1, -0.05) is 41.9 Å². The lowest BCUT2D eigenvalue weighted by Crippen LogP contribution is -2.40. The van der Waals surface area contributed by atoms with E-state index in [-0.39, 0.29) is 30.0 Å². The van der Waals surface area contributed by atoms with Crippen LogP contribution in [0.15, 0.2) is 87.1 Å². The Morgan fingerprint density at radius 3 is 2.50 bits per heavy atom. The highest BCUT2D eigenvalue weighted by Crippen LogP contribution is 2.18. The third-order valence-electron chi connectivity index (χ3n) is 5.83. The lowest BCUT2D eigenvalue weighted by molar-refractivity contribution is 0.0563. The Morgan fingerprint density at radius 2 is 1.78 bits per heavy atom. The number of halogens is 1. The normalized spacial score (nSPS) is 11.2. The summed E-state index contributed by atoms with van der Waals surface area (Å²) < 4.78 is 14.5. The van der Waals surface area contributed by atoms with Crippen molar-refractivity contribution in [1.29, 1.82) is 0 Å². The molecule has 0 spiro atoms. The Hall–Kier alpha value is -4.37. The van der Waals surface area contributed by atoms with Crippen LogP contribution in [0.3, 0.4) is 0 Å². The maximum Gasteiger partial charge on any atom is 0.373 e. The van der Waals surface area contributed by atoms with Gasteiger partial charge in [0.15, 0.2) is 11.2 Å². The summed E-state index contributed by atoms with van der Waals surface area (Å²) in [6.07, 6.45) is 1.97. The molecule has 36 heavy (non-hydrogen) atoms. The maximum atomic E-state index is 13.6. The van der Waals surface area contributed by atoms with Crippen molar-refractivity contribution in [3.8, 4) is 5.69 Å². The molecule has 9 nitrogen and oxygen atoms in total. The first-order chi connectivity index (χ1) is 17.5. The summed E-state index contributed by atoms with van der Waals surface area (Å²) in [4.78, 5) is 43.3. The van der Waals surface area contributed by atoms with Crippen molar-refractivity contribution < 1.29 is 13.9 Å². The van der Waals surface area contributed by atoms with E-state index in [1.165, 1.54) is 28.6 Å². The minimum absolute atomic E-state index is 0.0512. The molecule has 0 N–H and O–H groups in total. The third kappa shape index (κ3) is 4.36. The monoisotopic (exact) mass is 504 g/mol. The summed E-state index contributed by atoms with van der Waals surface area (Å²) in [5, 5.41) is 0.519. The molecular formula is C26H21ClN4O5. The number of nitrogens with zero attached hydrogens (tertiary/aromatic N) is 4. The average Bonchev–Trinajstić information content (AvgIpc) is 3.53. The largest absolute Gasteiger partial charge is 0.463 e. The van der Waals surface area contributed by atoms with Gasteiger partial charge in [0.05, 0.1) is 25.7 Å². The number of rotatable bonds is 7. The van der Waals surface area contributed by atoms with Crippen molar-refractivity contribution in [2.45, 2.75) is 19.5 Å². The molecule has 0 aliphatic carbocycles. The molecule has 0 fully saturated rings. The highest BCUT2D eigenvalue weighted by Gasteiger charge is 2.20. The minimum Gasteiger partial charge on any atom is -0.463 e. The van der Waals surface area contributed by atoms with E-state index in [0.717, 1.165) is 5.56 Å². The summed E-state index contributed by atoms with van der Waals surface area (Å²) in [5.41, 5.74) is 1.01. The smallest absolute Gasteiger partial charge is 0.373 e. The van der Waals surface area contributed by atoms with Crippen molar-refractivity contribution in [1.82, 2.24) is 18.7 Å². The van der Waals surface area contributed by atoms with Gasteiger partial charge in [-0.2, -0.15) is 0 Å². The molecule has 5 rings (SSSR count). The highest BCUT2D eigenvalue weighted by atomic mass is 35.5. The molecule has 0 bridgehead atoms. The highest BCUT2D eigenvalue weighted by molar-refractivity contribution is 6.30. The molecule has 182 valence electrons. The topological polar surface area (TPSA) is 101 Å². The fourth-order valence-corrected chi connectivity index (χ4v) is 4.17. The average molecular weight is 505 g/mol. The van der Waals surface area contributed by atoms with Crippen LogP contribution >= 0.6 is 11.6 Å². The number of esters is 1. The van der Waals surface area contributed by atoms with Crippen LogP contribution in [0.5, 0.6) is 0 Å². The second-order valence-electron chi connectivity index (χ2n) is 8.09. The first-order valence-corrected chi connectivity index (χ1v) is 11.5. The fraction of sp³-hybridized carbons (Fsp3) is 0.154. The summed E-state index contributed by atoms with van der Waals surface area (Å²) in [6, 6.07) is 19.5. The Labute approximate surface area is 209 Å². The van der Waals surface area contributed by atoms with Crippen molar-refractivity contribution in [3.63, 3.8) is 0 Å². The van der Waals surface area contributed by atoms with E-state index in [9.17, 15) is 14.4 Å². The van der Waals surface area contributed by atoms with Crippen molar-refractivity contribution in [2.75, 3.05) is 7.11 Å². The summed E-state index contributed by atoms with van der Waals surface area (Å²) >= 11 is 6.05. The number of aryl methyl sites for hydroxylation is 1. The van der Waals surface area contributed by atoms with Crippen LogP contribution < -0.4 is 11.2 Å². The zero-order valence-corrected chi connectivity index (χ0v) is 20.0. The quantitative estimate of drug-likeness (QED) is 0.313. The van der Waals surface area contributed by atoms with Crippen LogP contribution in [-0.4, -0.2) is 31.8 Å². The number of aromatic nitrogens is 4. The second-order valence-corrected chi connectivity index (χ2v) is 8.53. The zero-order valence-electron chi connectivity index (χ0n) is 19.3. The molecule has 2 aromatic carbocycles. The van der Waals surface area contributed by atoms with E-state index >= 15 is 0 Å². The van der Waals surface area contributed by atoms with Gasteiger partial charge in [-0.3, -0.25) is 9.36 Å². The van der Waals surface area contributed by atoms with Gasteiger partial charge in [0.1, 0.15) is 5.76 Å². The molecule has 0 amide bonds. The summed E-state index contributed by atoms with van der Waals surface area (Å²) in [7, 11) is 1.27. The standard InChI is InChI=1S/C26H21ClN4O5/c1-35-25(33)21-12-11-20(36-21)15-29-16-28-23-22(29)24(32)30(14-13-17-5-3-2-4-6-17)26(34)31(23)19-9-7-18(27)8-10-19/h2-12,16H,13-15H2,1H3. The van der Waals surface area contributed by atoms with Gasteiger partial charge in [0.25, 0.3) is 5.56 Å². The molecule has 3 aromatic heterocycles. The summed E-state index contributed by atoms with van der Waals surface area (Å²) in [6.45, 7) is 0.309. The lowest BCUT2D eigenvalue weighted by atomic mass is 10.1. The van der Waals surface area contributed by atoms with Crippen LogP contribution in [0.1, 0.15) is 21.9 Å². The number of fused-ring (bicyclic) bond motifs is 1. The van der Waals surface area contributed by atoms with Crippen molar-refractivity contribution in [3.05, 3.63) is 116 Å². The molecule has 0 aliphatic heterocycles. The van der Waals surface area contributed by atoms with Gasteiger partial charge in [-0.25, -0.2) is 19.1 Å². The van der Waals surface area contributed by atoms with Crippen LogP contribution in [-0.2, 0) is 24.2 Å². The van der Waals surface area contributed by atoms with Crippen LogP contribution in [0.4, 0.5) is 0 Å². The molecule has 0 unspecified atom stereocenters. The van der Waals surface area contributed by atoms with Gasteiger partial charge in [-0.15, -0.1) is 0 Å². The van der Waals surface area contributed by atoms with E-state index in [0.29, 0.717) is 22.9 Å². The predicted molar refractivity (Wildman–Crippen MR) is 134 cm³/mol. The second kappa shape index (κ2) is 9.71. The summed E-state index contributed by atoms with van der Waals surface area (Å²) in [5.74, 6) is -0.124. The Bertz CT molecular complexity index is 1660. The zero-order chi connectivity index (χ0) is 25.2.